The van der Waals surface area contributed by atoms with E-state index in [1.807, 2.05) is 25.1 Å². The van der Waals surface area contributed by atoms with Gasteiger partial charge in [0.15, 0.2) is 17.3 Å². The Morgan fingerprint density at radius 3 is 2.57 bits per heavy atom. The first-order valence-electron chi connectivity index (χ1n) is 10.2. The van der Waals surface area contributed by atoms with Gasteiger partial charge < -0.3 is 20.5 Å². The molecule has 1 heterocycles. The predicted octanol–water partition coefficient (Wildman–Crippen LogP) is 2.78. The number of halogens is 1. The Kier molecular flexibility index (Phi) is 8.92. The number of carbonyl (C=O) groups excluding carboxylic acids is 1. The van der Waals surface area contributed by atoms with E-state index in [2.05, 4.69) is 15.4 Å². The quantitative estimate of drug-likeness (QED) is 0.658. The summed E-state index contributed by atoms with van der Waals surface area (Å²) in [6.07, 6.45) is 6.21. The summed E-state index contributed by atoms with van der Waals surface area (Å²) >= 11 is 0. The molecule has 30 heavy (non-hydrogen) atoms. The van der Waals surface area contributed by atoms with Crippen molar-refractivity contribution in [2.75, 3.05) is 14.2 Å². The molecule has 9 heteroatoms. The molecule has 0 saturated heterocycles. The topological polar surface area (TPSA) is 104 Å². The van der Waals surface area contributed by atoms with Gasteiger partial charge in [-0.25, -0.2) is 9.67 Å². The summed E-state index contributed by atoms with van der Waals surface area (Å²) in [6, 6.07) is 5.66. The molecule has 166 valence electrons. The monoisotopic (exact) mass is 437 g/mol. The fourth-order valence-corrected chi connectivity index (χ4v) is 3.76. The van der Waals surface area contributed by atoms with Crippen molar-refractivity contribution in [1.82, 2.24) is 20.1 Å². The highest BCUT2D eigenvalue weighted by Gasteiger charge is 2.20. The van der Waals surface area contributed by atoms with Gasteiger partial charge >= 0.3 is 0 Å². The van der Waals surface area contributed by atoms with Crippen LogP contribution in [0.25, 0.3) is 0 Å². The molecule has 1 atom stereocenters. The number of nitrogens with zero attached hydrogens (tertiary/aromatic N) is 3. The molecule has 1 saturated carbocycles. The van der Waals surface area contributed by atoms with Crippen molar-refractivity contribution in [1.29, 1.82) is 0 Å². The Labute approximate surface area is 183 Å². The SMILES string of the molecule is COc1ccc(Cc2nc([C@@H](C)N)n(CC(=O)NC3CCCCC3)n2)cc1OC.Cl. The highest BCUT2D eigenvalue weighted by Crippen LogP contribution is 2.28. The number of aromatic nitrogens is 3. The normalized spacial score (nSPS) is 15.2. The van der Waals surface area contributed by atoms with Crippen molar-refractivity contribution in [3.05, 3.63) is 35.4 Å². The van der Waals surface area contributed by atoms with E-state index in [9.17, 15) is 4.79 Å². The molecule has 8 nitrogen and oxygen atoms in total. The number of nitrogens with two attached hydrogens (primary N) is 1. The minimum Gasteiger partial charge on any atom is -0.493 e. The van der Waals surface area contributed by atoms with Crippen molar-refractivity contribution in [3.8, 4) is 11.5 Å². The standard InChI is InChI=1S/C21H31N5O3.ClH/c1-14(22)21-24-19(12-15-9-10-17(28-2)18(11-15)29-3)25-26(21)13-20(27)23-16-7-5-4-6-8-16;/h9-11,14,16H,4-8,12-13,22H2,1-3H3,(H,23,27);1H/t14-;/m1./s1. The van der Waals surface area contributed by atoms with Gasteiger partial charge in [0.2, 0.25) is 5.91 Å². The van der Waals surface area contributed by atoms with Crippen molar-refractivity contribution in [3.63, 3.8) is 0 Å². The van der Waals surface area contributed by atoms with E-state index in [4.69, 9.17) is 15.2 Å². The van der Waals surface area contributed by atoms with Gasteiger partial charge in [-0.2, -0.15) is 5.10 Å². The van der Waals surface area contributed by atoms with Gasteiger partial charge in [0.05, 0.1) is 20.3 Å². The van der Waals surface area contributed by atoms with Gasteiger partial charge in [0.1, 0.15) is 12.4 Å². The number of hydrogen-bond acceptors (Lipinski definition) is 6. The second-order valence-electron chi connectivity index (χ2n) is 7.60. The summed E-state index contributed by atoms with van der Waals surface area (Å²) in [7, 11) is 3.21. The Morgan fingerprint density at radius 1 is 1.23 bits per heavy atom. The number of rotatable bonds is 8. The van der Waals surface area contributed by atoms with E-state index in [1.54, 1.807) is 18.9 Å². The minimum atomic E-state index is -0.316. The maximum atomic E-state index is 12.5. The van der Waals surface area contributed by atoms with Crippen molar-refractivity contribution in [2.24, 2.45) is 5.73 Å². The zero-order chi connectivity index (χ0) is 20.8. The van der Waals surface area contributed by atoms with Crippen LogP contribution < -0.4 is 20.5 Å². The van der Waals surface area contributed by atoms with Gasteiger partial charge in [0, 0.05) is 12.5 Å². The van der Waals surface area contributed by atoms with E-state index in [0.717, 1.165) is 18.4 Å². The number of benzene rings is 1. The van der Waals surface area contributed by atoms with Crippen LogP contribution in [-0.2, 0) is 17.8 Å². The van der Waals surface area contributed by atoms with Crippen molar-refractivity contribution < 1.29 is 14.3 Å². The maximum absolute atomic E-state index is 12.5. The number of ether oxygens (including phenoxy) is 2. The highest BCUT2D eigenvalue weighted by molar-refractivity contribution is 5.85. The van der Waals surface area contributed by atoms with E-state index < -0.39 is 0 Å². The highest BCUT2D eigenvalue weighted by atomic mass is 35.5. The van der Waals surface area contributed by atoms with Crippen LogP contribution in [-0.4, -0.2) is 40.9 Å². The van der Waals surface area contributed by atoms with Crippen LogP contribution in [0, 0.1) is 0 Å². The number of hydrogen-bond donors (Lipinski definition) is 2. The first-order chi connectivity index (χ1) is 14.0. The molecule has 2 aromatic rings. The third kappa shape index (κ3) is 6.09. The van der Waals surface area contributed by atoms with Gasteiger partial charge in [-0.05, 0) is 37.5 Å². The van der Waals surface area contributed by atoms with Crippen LogP contribution in [0.5, 0.6) is 11.5 Å². The average Bonchev–Trinajstić information content (AvgIpc) is 3.10. The second kappa shape index (κ2) is 11.2. The molecule has 1 aliphatic carbocycles. The number of methoxy groups -OCH3 is 2. The van der Waals surface area contributed by atoms with Crippen LogP contribution in [0.2, 0.25) is 0 Å². The maximum Gasteiger partial charge on any atom is 0.242 e. The fraction of sp³-hybridized carbons (Fsp3) is 0.571. The molecule has 0 spiro atoms. The summed E-state index contributed by atoms with van der Waals surface area (Å²) < 4.78 is 12.3. The second-order valence-corrected chi connectivity index (χ2v) is 7.60. The fourth-order valence-electron chi connectivity index (χ4n) is 3.76. The van der Waals surface area contributed by atoms with Gasteiger partial charge in [-0.3, -0.25) is 4.79 Å². The van der Waals surface area contributed by atoms with E-state index >= 15 is 0 Å². The van der Waals surface area contributed by atoms with Crippen LogP contribution >= 0.6 is 12.4 Å². The Hall–Kier alpha value is -2.32. The molecule has 3 N–H and O–H groups in total. The molecule has 1 fully saturated rings. The largest absolute Gasteiger partial charge is 0.493 e. The Bertz CT molecular complexity index is 834. The predicted molar refractivity (Wildman–Crippen MR) is 117 cm³/mol. The lowest BCUT2D eigenvalue weighted by Crippen LogP contribution is -2.38. The van der Waals surface area contributed by atoms with Crippen LogP contribution in [0.1, 0.15) is 62.3 Å². The number of nitrogens with one attached hydrogen (secondary N) is 1. The van der Waals surface area contributed by atoms with Gasteiger partial charge in [-0.1, -0.05) is 25.3 Å². The lowest BCUT2D eigenvalue weighted by molar-refractivity contribution is -0.122. The summed E-state index contributed by atoms with van der Waals surface area (Å²) in [4.78, 5) is 17.1. The molecular formula is C21H32ClN5O3. The third-order valence-electron chi connectivity index (χ3n) is 5.23. The number of carbonyl (C=O) groups is 1. The van der Waals surface area contributed by atoms with Gasteiger partial charge in [-0.15, -0.1) is 12.4 Å². The van der Waals surface area contributed by atoms with E-state index in [0.29, 0.717) is 29.6 Å². The molecule has 0 unspecified atom stereocenters. The molecule has 1 aliphatic rings. The minimum absolute atomic E-state index is 0. The summed E-state index contributed by atoms with van der Waals surface area (Å²) in [5.74, 6) is 2.52. The lowest BCUT2D eigenvalue weighted by Gasteiger charge is -2.22. The van der Waals surface area contributed by atoms with Crippen LogP contribution in [0.3, 0.4) is 0 Å². The zero-order valence-electron chi connectivity index (χ0n) is 17.9. The average molecular weight is 438 g/mol. The molecule has 0 radical (unpaired) electrons. The first-order valence-corrected chi connectivity index (χ1v) is 10.2. The Balaban J connectivity index is 0.00000320. The summed E-state index contributed by atoms with van der Waals surface area (Å²) in [6.45, 7) is 1.98. The number of amides is 1. The summed E-state index contributed by atoms with van der Waals surface area (Å²) in [5.41, 5.74) is 7.06. The lowest BCUT2D eigenvalue weighted by atomic mass is 9.95. The van der Waals surface area contributed by atoms with Crippen LogP contribution in [0.4, 0.5) is 0 Å². The third-order valence-corrected chi connectivity index (χ3v) is 5.23. The summed E-state index contributed by atoms with van der Waals surface area (Å²) in [5, 5.41) is 7.67. The smallest absolute Gasteiger partial charge is 0.242 e. The molecule has 1 aromatic carbocycles. The first kappa shape index (κ1) is 24.0. The zero-order valence-corrected chi connectivity index (χ0v) is 18.7. The molecule has 3 rings (SSSR count). The molecule has 0 aliphatic heterocycles. The van der Waals surface area contributed by atoms with E-state index in [-0.39, 0.29) is 36.9 Å². The van der Waals surface area contributed by atoms with E-state index in [1.165, 1.54) is 19.3 Å². The molecule has 1 aromatic heterocycles. The van der Waals surface area contributed by atoms with Crippen molar-refractivity contribution >= 4 is 18.3 Å². The molecular weight excluding hydrogens is 406 g/mol. The van der Waals surface area contributed by atoms with Crippen LogP contribution in [0.15, 0.2) is 18.2 Å². The van der Waals surface area contributed by atoms with Gasteiger partial charge in [0.25, 0.3) is 0 Å². The molecule has 1 amide bonds. The molecule has 0 bridgehead atoms. The Morgan fingerprint density at radius 2 is 1.93 bits per heavy atom. The van der Waals surface area contributed by atoms with Crippen molar-refractivity contribution in [2.45, 2.75) is 64.1 Å².